The number of rotatable bonds is 3. The van der Waals surface area contributed by atoms with Gasteiger partial charge in [0, 0.05) is 37.0 Å². The summed E-state index contributed by atoms with van der Waals surface area (Å²) in [5.74, 6) is 2.67. The number of thiophene rings is 1. The number of carbonyl (C=O) groups excluding carboxylic acids is 1. The SMILES string of the molecule is CC(C)c1nc(N2CCN(C(=O)c3ccco3)CC2)c2c3c(sc2n1)CCCCC3. The van der Waals surface area contributed by atoms with Gasteiger partial charge in [0.25, 0.3) is 5.91 Å². The van der Waals surface area contributed by atoms with E-state index in [4.69, 9.17) is 14.4 Å². The van der Waals surface area contributed by atoms with E-state index < -0.39 is 0 Å². The molecule has 1 saturated heterocycles. The lowest BCUT2D eigenvalue weighted by atomic mass is 10.1. The fourth-order valence-electron chi connectivity index (χ4n) is 4.50. The molecule has 0 unspecified atom stereocenters. The van der Waals surface area contributed by atoms with Crippen molar-refractivity contribution in [2.45, 2.75) is 51.9 Å². The number of fused-ring (bicyclic) bond motifs is 3. The van der Waals surface area contributed by atoms with Gasteiger partial charge in [-0.25, -0.2) is 9.97 Å². The first-order chi connectivity index (χ1) is 14.6. The molecule has 2 aliphatic rings. The van der Waals surface area contributed by atoms with Gasteiger partial charge in [0.05, 0.1) is 11.6 Å². The molecule has 158 valence electrons. The summed E-state index contributed by atoms with van der Waals surface area (Å²) in [7, 11) is 0. The Kier molecular flexibility index (Phi) is 5.23. The van der Waals surface area contributed by atoms with Crippen molar-refractivity contribution in [3.8, 4) is 0 Å². The van der Waals surface area contributed by atoms with Gasteiger partial charge in [0.15, 0.2) is 5.76 Å². The summed E-state index contributed by atoms with van der Waals surface area (Å²) in [5.41, 5.74) is 1.48. The third-order valence-corrected chi connectivity index (χ3v) is 7.36. The maximum Gasteiger partial charge on any atom is 0.289 e. The van der Waals surface area contributed by atoms with Crippen LogP contribution < -0.4 is 4.90 Å². The van der Waals surface area contributed by atoms with Crippen LogP contribution in [0, 0.1) is 0 Å². The molecule has 1 amide bonds. The molecule has 6 nitrogen and oxygen atoms in total. The zero-order chi connectivity index (χ0) is 20.7. The molecule has 0 spiro atoms. The van der Waals surface area contributed by atoms with Crippen LogP contribution in [0.4, 0.5) is 5.82 Å². The van der Waals surface area contributed by atoms with Crippen LogP contribution in [0.3, 0.4) is 0 Å². The monoisotopic (exact) mass is 424 g/mol. The molecule has 1 aliphatic heterocycles. The highest BCUT2D eigenvalue weighted by molar-refractivity contribution is 7.19. The molecule has 0 radical (unpaired) electrons. The molecule has 4 heterocycles. The van der Waals surface area contributed by atoms with Gasteiger partial charge < -0.3 is 14.2 Å². The van der Waals surface area contributed by atoms with Gasteiger partial charge in [0.1, 0.15) is 16.5 Å². The largest absolute Gasteiger partial charge is 0.459 e. The van der Waals surface area contributed by atoms with Gasteiger partial charge in [-0.3, -0.25) is 4.79 Å². The highest BCUT2D eigenvalue weighted by atomic mass is 32.1. The number of anilines is 1. The number of amides is 1. The third kappa shape index (κ3) is 3.49. The van der Waals surface area contributed by atoms with Crippen LogP contribution in [0.15, 0.2) is 22.8 Å². The van der Waals surface area contributed by atoms with E-state index >= 15 is 0 Å². The van der Waals surface area contributed by atoms with Gasteiger partial charge >= 0.3 is 0 Å². The van der Waals surface area contributed by atoms with Gasteiger partial charge in [0.2, 0.25) is 0 Å². The first-order valence-corrected chi connectivity index (χ1v) is 11.8. The Morgan fingerprint density at radius 1 is 1.10 bits per heavy atom. The highest BCUT2D eigenvalue weighted by Gasteiger charge is 2.28. The molecule has 0 bridgehead atoms. The number of aromatic nitrogens is 2. The van der Waals surface area contributed by atoms with E-state index in [1.54, 1.807) is 18.4 Å². The van der Waals surface area contributed by atoms with E-state index in [1.807, 2.05) is 16.2 Å². The van der Waals surface area contributed by atoms with E-state index in [0.29, 0.717) is 18.8 Å². The molecule has 1 aliphatic carbocycles. The third-order valence-electron chi connectivity index (χ3n) is 6.18. The molecule has 1 fully saturated rings. The minimum Gasteiger partial charge on any atom is -0.459 e. The average molecular weight is 425 g/mol. The maximum absolute atomic E-state index is 12.6. The van der Waals surface area contributed by atoms with Gasteiger partial charge in [-0.15, -0.1) is 11.3 Å². The fourth-order valence-corrected chi connectivity index (χ4v) is 5.76. The molecule has 0 saturated carbocycles. The minimum atomic E-state index is -0.0280. The van der Waals surface area contributed by atoms with Gasteiger partial charge in [-0.2, -0.15) is 0 Å². The predicted octanol–water partition coefficient (Wildman–Crippen LogP) is 4.64. The van der Waals surface area contributed by atoms with Gasteiger partial charge in [-0.1, -0.05) is 20.3 Å². The first-order valence-electron chi connectivity index (χ1n) is 11.0. The lowest BCUT2D eigenvalue weighted by Gasteiger charge is -2.35. The van der Waals surface area contributed by atoms with Crippen molar-refractivity contribution in [2.24, 2.45) is 0 Å². The van der Waals surface area contributed by atoms with E-state index in [0.717, 1.165) is 42.4 Å². The van der Waals surface area contributed by atoms with Crippen LogP contribution >= 0.6 is 11.3 Å². The summed E-state index contributed by atoms with van der Waals surface area (Å²) >= 11 is 1.87. The molecule has 30 heavy (non-hydrogen) atoms. The topological polar surface area (TPSA) is 62.5 Å². The van der Waals surface area contributed by atoms with Crippen LogP contribution in [0.5, 0.6) is 0 Å². The van der Waals surface area contributed by atoms with Crippen LogP contribution in [0.25, 0.3) is 10.2 Å². The molecule has 0 N–H and O–H groups in total. The van der Waals surface area contributed by atoms with E-state index in [-0.39, 0.29) is 11.8 Å². The second-order valence-corrected chi connectivity index (χ2v) is 9.64. The fraction of sp³-hybridized carbons (Fsp3) is 0.522. The summed E-state index contributed by atoms with van der Waals surface area (Å²) in [6.45, 7) is 7.22. The summed E-state index contributed by atoms with van der Waals surface area (Å²) in [5, 5.41) is 1.27. The zero-order valence-corrected chi connectivity index (χ0v) is 18.5. The quantitative estimate of drug-likeness (QED) is 0.573. The number of aryl methyl sites for hydroxylation is 2. The summed E-state index contributed by atoms with van der Waals surface area (Å²) < 4.78 is 5.30. The molecular formula is C23H28N4O2S. The lowest BCUT2D eigenvalue weighted by Crippen LogP contribution is -2.49. The summed E-state index contributed by atoms with van der Waals surface area (Å²) in [6.07, 6.45) is 7.66. The number of hydrogen-bond acceptors (Lipinski definition) is 6. The molecule has 0 aromatic carbocycles. The molecule has 5 rings (SSSR count). The number of carbonyl (C=O) groups is 1. The minimum absolute atomic E-state index is 0.0280. The molecule has 3 aromatic heterocycles. The lowest BCUT2D eigenvalue weighted by molar-refractivity contribution is 0.0714. The number of piperazine rings is 1. The van der Waals surface area contributed by atoms with Crippen LogP contribution in [0.2, 0.25) is 0 Å². The van der Waals surface area contributed by atoms with E-state index in [2.05, 4.69) is 18.7 Å². The number of nitrogens with zero attached hydrogens (tertiary/aromatic N) is 4. The molecule has 7 heteroatoms. The second-order valence-electron chi connectivity index (χ2n) is 8.56. The van der Waals surface area contributed by atoms with E-state index in [1.165, 1.54) is 35.1 Å². The van der Waals surface area contributed by atoms with E-state index in [9.17, 15) is 4.79 Å². The maximum atomic E-state index is 12.6. The van der Waals surface area contributed by atoms with Crippen LogP contribution in [-0.4, -0.2) is 47.0 Å². The highest BCUT2D eigenvalue weighted by Crippen LogP contribution is 2.40. The van der Waals surface area contributed by atoms with Crippen molar-refractivity contribution in [1.82, 2.24) is 14.9 Å². The Morgan fingerprint density at radius 3 is 2.63 bits per heavy atom. The molecular weight excluding hydrogens is 396 g/mol. The van der Waals surface area contributed by atoms with Crippen molar-refractivity contribution in [2.75, 3.05) is 31.1 Å². The van der Waals surface area contributed by atoms with Crippen LogP contribution in [0.1, 0.15) is 65.8 Å². The predicted molar refractivity (Wildman–Crippen MR) is 120 cm³/mol. The molecule has 0 atom stereocenters. The first kappa shape index (κ1) is 19.5. The van der Waals surface area contributed by atoms with Crippen molar-refractivity contribution in [3.05, 3.63) is 40.4 Å². The smallest absolute Gasteiger partial charge is 0.289 e. The van der Waals surface area contributed by atoms with Crippen molar-refractivity contribution >= 4 is 33.3 Å². The summed E-state index contributed by atoms with van der Waals surface area (Å²) in [6, 6.07) is 3.50. The van der Waals surface area contributed by atoms with Crippen molar-refractivity contribution < 1.29 is 9.21 Å². The zero-order valence-electron chi connectivity index (χ0n) is 17.7. The van der Waals surface area contributed by atoms with Crippen molar-refractivity contribution in [1.29, 1.82) is 0 Å². The van der Waals surface area contributed by atoms with Gasteiger partial charge in [-0.05, 0) is 43.4 Å². The normalized spacial score (nSPS) is 17.4. The Balaban J connectivity index is 1.47. The Labute approximate surface area is 180 Å². The number of furan rings is 1. The second kappa shape index (κ2) is 8.02. The standard InChI is InChI=1S/C23H28N4O2S/c1-15(2)20-24-21(19-16-7-4-3-5-9-18(16)30-22(19)25-20)26-10-12-27(13-11-26)23(28)17-8-6-14-29-17/h6,8,14-15H,3-5,7,9-13H2,1-2H3. The average Bonchev–Trinajstić information content (AvgIpc) is 3.35. The Hall–Kier alpha value is -2.41. The summed E-state index contributed by atoms with van der Waals surface area (Å²) in [4.78, 5) is 29.5. The van der Waals surface area contributed by atoms with Crippen LogP contribution in [-0.2, 0) is 12.8 Å². The molecule has 3 aromatic rings. The Morgan fingerprint density at radius 2 is 1.90 bits per heavy atom. The van der Waals surface area contributed by atoms with Crippen molar-refractivity contribution in [3.63, 3.8) is 0 Å². The Bertz CT molecular complexity index is 1050. The number of hydrogen-bond donors (Lipinski definition) is 0.